The first kappa shape index (κ1) is 14.9. The first-order valence-electron chi connectivity index (χ1n) is 6.82. The molecular formula is C12H26N2O2S. The Morgan fingerprint density at radius 3 is 2.53 bits per heavy atom. The van der Waals surface area contributed by atoms with Gasteiger partial charge in [0.05, 0.1) is 5.75 Å². The summed E-state index contributed by atoms with van der Waals surface area (Å²) in [7, 11) is -3.05. The lowest BCUT2D eigenvalue weighted by Crippen LogP contribution is -2.33. The molecule has 0 aliphatic heterocycles. The van der Waals surface area contributed by atoms with Crippen LogP contribution in [0.1, 0.15) is 45.4 Å². The van der Waals surface area contributed by atoms with Crippen LogP contribution in [0.3, 0.4) is 0 Å². The second kappa shape index (κ2) is 8.06. The van der Waals surface area contributed by atoms with Crippen molar-refractivity contribution in [2.45, 2.75) is 45.4 Å². The summed E-state index contributed by atoms with van der Waals surface area (Å²) in [6.07, 6.45) is 6.87. The fourth-order valence-corrected chi connectivity index (χ4v) is 3.43. The van der Waals surface area contributed by atoms with Crippen LogP contribution in [-0.4, -0.2) is 33.8 Å². The molecule has 1 fully saturated rings. The van der Waals surface area contributed by atoms with Gasteiger partial charge in [0.1, 0.15) is 0 Å². The molecule has 2 N–H and O–H groups in total. The van der Waals surface area contributed by atoms with Gasteiger partial charge in [-0.25, -0.2) is 13.1 Å². The summed E-state index contributed by atoms with van der Waals surface area (Å²) in [5, 5.41) is 3.13. The minimum Gasteiger partial charge on any atom is -0.317 e. The van der Waals surface area contributed by atoms with Crippen molar-refractivity contribution in [3.8, 4) is 0 Å². The van der Waals surface area contributed by atoms with Crippen LogP contribution in [-0.2, 0) is 10.0 Å². The molecule has 1 rings (SSSR count). The molecule has 0 heterocycles. The number of hydrogen-bond donors (Lipinski definition) is 2. The average Bonchev–Trinajstić information content (AvgIpc) is 2.34. The van der Waals surface area contributed by atoms with E-state index in [1.54, 1.807) is 0 Å². The van der Waals surface area contributed by atoms with Crippen LogP contribution in [0.15, 0.2) is 0 Å². The van der Waals surface area contributed by atoms with Crippen molar-refractivity contribution in [1.29, 1.82) is 0 Å². The smallest absolute Gasteiger partial charge is 0.211 e. The number of rotatable bonds is 8. The summed E-state index contributed by atoms with van der Waals surface area (Å²) < 4.78 is 26.1. The van der Waals surface area contributed by atoms with Gasteiger partial charge in [0.15, 0.2) is 0 Å². The summed E-state index contributed by atoms with van der Waals surface area (Å²) in [6, 6.07) is 0. The van der Waals surface area contributed by atoms with E-state index in [1.807, 2.05) is 6.92 Å². The number of nitrogens with one attached hydrogen (secondary N) is 2. The molecule has 0 spiro atoms. The molecule has 0 radical (unpaired) electrons. The van der Waals surface area contributed by atoms with Crippen LogP contribution >= 0.6 is 0 Å². The molecule has 1 aliphatic rings. The monoisotopic (exact) mass is 262 g/mol. The molecule has 0 bridgehead atoms. The highest BCUT2D eigenvalue weighted by Crippen LogP contribution is 2.22. The zero-order valence-corrected chi connectivity index (χ0v) is 11.7. The summed E-state index contributed by atoms with van der Waals surface area (Å²) >= 11 is 0. The van der Waals surface area contributed by atoms with E-state index in [0.29, 0.717) is 18.9 Å². The third kappa shape index (κ3) is 7.01. The van der Waals surface area contributed by atoms with E-state index < -0.39 is 10.0 Å². The van der Waals surface area contributed by atoms with E-state index in [2.05, 4.69) is 10.0 Å². The summed E-state index contributed by atoms with van der Waals surface area (Å²) in [4.78, 5) is 0. The van der Waals surface area contributed by atoms with Gasteiger partial charge in [-0.2, -0.15) is 0 Å². The highest BCUT2D eigenvalue weighted by Gasteiger charge is 2.16. The molecule has 1 saturated carbocycles. The molecule has 0 aromatic heterocycles. The average molecular weight is 262 g/mol. The number of hydrogen-bond acceptors (Lipinski definition) is 3. The summed E-state index contributed by atoms with van der Waals surface area (Å²) in [5.74, 6) is 0.805. The summed E-state index contributed by atoms with van der Waals surface area (Å²) in [6.45, 7) is 4.34. The van der Waals surface area contributed by atoms with Gasteiger partial charge < -0.3 is 5.32 Å². The van der Waals surface area contributed by atoms with Crippen molar-refractivity contribution in [2.24, 2.45) is 5.92 Å². The molecule has 102 valence electrons. The van der Waals surface area contributed by atoms with Gasteiger partial charge in [-0.05, 0) is 38.3 Å². The van der Waals surface area contributed by atoms with Crippen molar-refractivity contribution in [3.05, 3.63) is 0 Å². The predicted molar refractivity (Wildman–Crippen MR) is 71.5 cm³/mol. The molecule has 0 saturated heterocycles. The molecule has 0 amide bonds. The third-order valence-electron chi connectivity index (χ3n) is 3.33. The number of sulfonamides is 1. The molecule has 0 atom stereocenters. The highest BCUT2D eigenvalue weighted by molar-refractivity contribution is 7.89. The van der Waals surface area contributed by atoms with Gasteiger partial charge in [-0.1, -0.05) is 26.2 Å². The lowest BCUT2D eigenvalue weighted by molar-refractivity contribution is 0.357. The Morgan fingerprint density at radius 1 is 1.18 bits per heavy atom. The highest BCUT2D eigenvalue weighted by atomic mass is 32.2. The molecule has 0 unspecified atom stereocenters. The fourth-order valence-electron chi connectivity index (χ4n) is 2.27. The van der Waals surface area contributed by atoms with Gasteiger partial charge in [0.25, 0.3) is 0 Å². The van der Waals surface area contributed by atoms with Gasteiger partial charge in [0.2, 0.25) is 10.0 Å². The maximum absolute atomic E-state index is 11.7. The maximum atomic E-state index is 11.7. The first-order chi connectivity index (χ1) is 8.14. The zero-order chi connectivity index (χ0) is 12.6. The minimum atomic E-state index is -3.05. The van der Waals surface area contributed by atoms with E-state index in [-0.39, 0.29) is 5.75 Å². The largest absolute Gasteiger partial charge is 0.317 e. The van der Waals surface area contributed by atoms with Crippen LogP contribution in [0.4, 0.5) is 0 Å². The van der Waals surface area contributed by atoms with Gasteiger partial charge >= 0.3 is 0 Å². The minimum absolute atomic E-state index is 0.243. The molecule has 0 aromatic rings. The van der Waals surface area contributed by atoms with Gasteiger partial charge in [0, 0.05) is 6.54 Å². The van der Waals surface area contributed by atoms with Crippen molar-refractivity contribution < 1.29 is 8.42 Å². The molecule has 4 nitrogen and oxygen atoms in total. The van der Waals surface area contributed by atoms with E-state index in [4.69, 9.17) is 0 Å². The standard InChI is InChI=1S/C12H26N2O2S/c1-2-13-9-6-10-17(15,16)14-11-12-7-4-3-5-8-12/h12-14H,2-11H2,1H3. The molecule has 5 heteroatoms. The molecule has 17 heavy (non-hydrogen) atoms. The van der Waals surface area contributed by atoms with E-state index in [1.165, 1.54) is 32.1 Å². The first-order valence-corrected chi connectivity index (χ1v) is 8.47. The molecule has 0 aromatic carbocycles. The van der Waals surface area contributed by atoms with Crippen molar-refractivity contribution >= 4 is 10.0 Å². The Morgan fingerprint density at radius 2 is 1.88 bits per heavy atom. The Kier molecular flexibility index (Phi) is 7.08. The lowest BCUT2D eigenvalue weighted by atomic mass is 9.90. The van der Waals surface area contributed by atoms with Gasteiger partial charge in [-0.3, -0.25) is 0 Å². The second-order valence-corrected chi connectivity index (χ2v) is 6.80. The molecular weight excluding hydrogens is 236 g/mol. The zero-order valence-electron chi connectivity index (χ0n) is 10.9. The summed E-state index contributed by atoms with van der Waals surface area (Å²) in [5.41, 5.74) is 0. The van der Waals surface area contributed by atoms with Crippen molar-refractivity contribution in [3.63, 3.8) is 0 Å². The predicted octanol–water partition coefficient (Wildman–Crippen LogP) is 1.49. The Labute approximate surface area is 106 Å². The van der Waals surface area contributed by atoms with Crippen LogP contribution in [0, 0.1) is 5.92 Å². The van der Waals surface area contributed by atoms with E-state index in [9.17, 15) is 8.42 Å². The fraction of sp³-hybridized carbons (Fsp3) is 1.00. The Hall–Kier alpha value is -0.130. The van der Waals surface area contributed by atoms with Crippen LogP contribution in [0.2, 0.25) is 0 Å². The van der Waals surface area contributed by atoms with Crippen LogP contribution in [0.5, 0.6) is 0 Å². The Balaban J connectivity index is 2.14. The molecule has 1 aliphatic carbocycles. The van der Waals surface area contributed by atoms with E-state index >= 15 is 0 Å². The van der Waals surface area contributed by atoms with E-state index in [0.717, 1.165) is 13.1 Å². The topological polar surface area (TPSA) is 58.2 Å². The lowest BCUT2D eigenvalue weighted by Gasteiger charge is -2.21. The maximum Gasteiger partial charge on any atom is 0.211 e. The quantitative estimate of drug-likeness (QED) is 0.652. The Bertz CT molecular complexity index is 285. The van der Waals surface area contributed by atoms with Gasteiger partial charge in [-0.15, -0.1) is 0 Å². The third-order valence-corrected chi connectivity index (χ3v) is 4.77. The van der Waals surface area contributed by atoms with Crippen LogP contribution in [0.25, 0.3) is 0 Å². The normalized spacial score (nSPS) is 18.4. The van der Waals surface area contributed by atoms with Crippen molar-refractivity contribution in [1.82, 2.24) is 10.0 Å². The van der Waals surface area contributed by atoms with Crippen molar-refractivity contribution in [2.75, 3.05) is 25.4 Å². The second-order valence-electron chi connectivity index (χ2n) is 4.88. The van der Waals surface area contributed by atoms with Crippen LogP contribution < -0.4 is 10.0 Å². The SMILES string of the molecule is CCNCCCS(=O)(=O)NCC1CCCCC1.